The van der Waals surface area contributed by atoms with E-state index in [1.165, 1.54) is 5.56 Å². The highest BCUT2D eigenvalue weighted by atomic mass is 16.5. The summed E-state index contributed by atoms with van der Waals surface area (Å²) in [4.78, 5) is 11.9. The molecule has 2 aliphatic rings. The Balaban J connectivity index is 1.94. The lowest BCUT2D eigenvalue weighted by atomic mass is 9.74. The van der Waals surface area contributed by atoms with Crippen molar-refractivity contribution in [2.75, 3.05) is 0 Å². The molecule has 3 heteroatoms. The minimum atomic E-state index is -0.900. The molecule has 1 N–H and O–H groups in total. The lowest BCUT2D eigenvalue weighted by Crippen LogP contribution is -2.26. The molecule has 0 saturated heterocycles. The molecule has 0 saturated carbocycles. The lowest BCUT2D eigenvalue weighted by Gasteiger charge is -2.36. The van der Waals surface area contributed by atoms with Crippen LogP contribution in [0.1, 0.15) is 46.8 Å². The van der Waals surface area contributed by atoms with Crippen LogP contribution in [0.4, 0.5) is 0 Å². The third kappa shape index (κ3) is 2.99. The molecule has 2 atom stereocenters. The van der Waals surface area contributed by atoms with Crippen LogP contribution in [-0.2, 0) is 6.42 Å². The van der Waals surface area contributed by atoms with Gasteiger partial charge in [0.1, 0.15) is 11.5 Å². The Bertz CT molecular complexity index is 994. The molecule has 136 valence electrons. The van der Waals surface area contributed by atoms with Crippen LogP contribution in [0.15, 0.2) is 78.1 Å². The number of carboxylic acid groups (broad SMARTS) is 1. The fraction of sp³-hybridized carbons (Fsp3) is 0.208. The van der Waals surface area contributed by atoms with Crippen molar-refractivity contribution in [2.45, 2.75) is 26.2 Å². The highest BCUT2D eigenvalue weighted by Gasteiger charge is 2.37. The minimum Gasteiger partial charge on any atom is -0.478 e. The molecule has 2 aromatic rings. The molecule has 0 bridgehead atoms. The zero-order valence-electron chi connectivity index (χ0n) is 15.5. The van der Waals surface area contributed by atoms with Crippen LogP contribution < -0.4 is 4.74 Å². The third-order valence-electron chi connectivity index (χ3n) is 5.40. The smallest absolute Gasteiger partial charge is 0.335 e. The molecule has 1 aliphatic carbocycles. The number of allylic oxidation sites excluding steroid dienone is 5. The van der Waals surface area contributed by atoms with E-state index < -0.39 is 5.97 Å². The van der Waals surface area contributed by atoms with E-state index in [0.717, 1.165) is 34.6 Å². The Morgan fingerprint density at radius 1 is 1.19 bits per heavy atom. The topological polar surface area (TPSA) is 46.5 Å². The maximum atomic E-state index is 11.9. The zero-order chi connectivity index (χ0) is 19.0. The quantitative estimate of drug-likeness (QED) is 0.789. The molecule has 0 spiro atoms. The molecule has 0 radical (unpaired) electrons. The monoisotopic (exact) mass is 358 g/mol. The fourth-order valence-corrected chi connectivity index (χ4v) is 3.96. The minimum absolute atomic E-state index is 0.0193. The maximum absolute atomic E-state index is 11.9. The predicted molar refractivity (Wildman–Crippen MR) is 106 cm³/mol. The van der Waals surface area contributed by atoms with Crippen LogP contribution in [0.3, 0.4) is 0 Å². The van der Waals surface area contributed by atoms with Gasteiger partial charge in [0.2, 0.25) is 0 Å². The number of benzene rings is 2. The SMILES string of the molecule is C/C=C1\C=CC2C(=C1)Oc1cc(CC)ccc1C2c1ccccc1C(=O)O. The van der Waals surface area contributed by atoms with Crippen LogP contribution in [0.25, 0.3) is 0 Å². The number of fused-ring (bicyclic) bond motifs is 2. The van der Waals surface area contributed by atoms with Crippen molar-refractivity contribution in [3.63, 3.8) is 0 Å². The Morgan fingerprint density at radius 3 is 2.74 bits per heavy atom. The molecule has 1 aliphatic heterocycles. The van der Waals surface area contributed by atoms with Gasteiger partial charge in [0, 0.05) is 17.4 Å². The van der Waals surface area contributed by atoms with Gasteiger partial charge in [-0.25, -0.2) is 4.79 Å². The number of carbonyl (C=O) groups is 1. The van der Waals surface area contributed by atoms with E-state index in [9.17, 15) is 9.90 Å². The first-order valence-corrected chi connectivity index (χ1v) is 9.31. The van der Waals surface area contributed by atoms with Gasteiger partial charge in [0.25, 0.3) is 0 Å². The van der Waals surface area contributed by atoms with E-state index in [-0.39, 0.29) is 11.8 Å². The number of hydrogen-bond donors (Lipinski definition) is 1. The van der Waals surface area contributed by atoms with Crippen LogP contribution in [0, 0.1) is 5.92 Å². The van der Waals surface area contributed by atoms with Crippen LogP contribution in [-0.4, -0.2) is 11.1 Å². The second kappa shape index (κ2) is 6.92. The molecule has 2 aromatic carbocycles. The second-order valence-electron chi connectivity index (χ2n) is 6.92. The molecule has 27 heavy (non-hydrogen) atoms. The van der Waals surface area contributed by atoms with Gasteiger partial charge in [0.15, 0.2) is 0 Å². The van der Waals surface area contributed by atoms with Gasteiger partial charge in [-0.2, -0.15) is 0 Å². The summed E-state index contributed by atoms with van der Waals surface area (Å²) in [6, 6.07) is 13.6. The van der Waals surface area contributed by atoms with Gasteiger partial charge in [-0.3, -0.25) is 0 Å². The molecular formula is C24H22O3. The number of rotatable bonds is 3. The van der Waals surface area contributed by atoms with E-state index in [1.807, 2.05) is 25.1 Å². The van der Waals surface area contributed by atoms with E-state index in [4.69, 9.17) is 4.74 Å². The molecular weight excluding hydrogens is 336 g/mol. The Kier molecular flexibility index (Phi) is 4.44. The molecule has 0 aromatic heterocycles. The van der Waals surface area contributed by atoms with Crippen LogP contribution >= 0.6 is 0 Å². The average Bonchev–Trinajstić information content (AvgIpc) is 2.71. The highest BCUT2D eigenvalue weighted by molar-refractivity contribution is 5.90. The van der Waals surface area contributed by atoms with E-state index in [0.29, 0.717) is 5.56 Å². The molecule has 1 heterocycles. The fourth-order valence-electron chi connectivity index (χ4n) is 3.96. The summed E-state index contributed by atoms with van der Waals surface area (Å²) in [5.74, 6) is 0.690. The average molecular weight is 358 g/mol. The summed E-state index contributed by atoms with van der Waals surface area (Å²) in [7, 11) is 0. The molecule has 0 fully saturated rings. The number of aryl methyl sites for hydroxylation is 1. The standard InChI is InChI=1S/C24H22O3/c1-3-15-9-11-19-21(13-15)27-22-14-16(4-2)10-12-20(22)23(19)17-7-5-6-8-18(17)24(25)26/h3,5-14,19,23H,4H2,1-2H3,(H,25,26)/b15-3+. The van der Waals surface area contributed by atoms with Crippen molar-refractivity contribution in [3.8, 4) is 5.75 Å². The van der Waals surface area contributed by atoms with Gasteiger partial charge in [0.05, 0.1) is 5.56 Å². The van der Waals surface area contributed by atoms with Gasteiger partial charge >= 0.3 is 5.97 Å². The third-order valence-corrected chi connectivity index (χ3v) is 5.40. The number of hydrogen-bond acceptors (Lipinski definition) is 2. The summed E-state index contributed by atoms with van der Waals surface area (Å²) >= 11 is 0. The van der Waals surface area contributed by atoms with Crippen LogP contribution in [0.5, 0.6) is 5.75 Å². The Hall–Kier alpha value is -3.07. The van der Waals surface area contributed by atoms with Crippen molar-refractivity contribution in [1.29, 1.82) is 0 Å². The summed E-state index contributed by atoms with van der Waals surface area (Å²) in [5.41, 5.74) is 4.51. The van der Waals surface area contributed by atoms with Crippen molar-refractivity contribution in [1.82, 2.24) is 0 Å². The van der Waals surface area contributed by atoms with Crippen molar-refractivity contribution >= 4 is 5.97 Å². The maximum Gasteiger partial charge on any atom is 0.335 e. The first-order chi connectivity index (χ1) is 13.1. The number of aromatic carboxylic acids is 1. The Labute approximate surface area is 159 Å². The Morgan fingerprint density at radius 2 is 2.00 bits per heavy atom. The normalized spacial score (nSPS) is 21.9. The van der Waals surface area contributed by atoms with E-state index in [1.54, 1.807) is 12.1 Å². The van der Waals surface area contributed by atoms with Gasteiger partial charge < -0.3 is 9.84 Å². The van der Waals surface area contributed by atoms with Crippen LogP contribution in [0.2, 0.25) is 0 Å². The van der Waals surface area contributed by atoms with Crippen molar-refractivity contribution in [3.05, 3.63) is 100 Å². The van der Waals surface area contributed by atoms with E-state index in [2.05, 4.69) is 43.4 Å². The predicted octanol–water partition coefficient (Wildman–Crippen LogP) is 5.49. The lowest BCUT2D eigenvalue weighted by molar-refractivity contribution is 0.0695. The van der Waals surface area contributed by atoms with Crippen molar-refractivity contribution in [2.24, 2.45) is 5.92 Å². The number of ether oxygens (including phenoxy) is 1. The molecule has 2 unspecified atom stereocenters. The molecule has 4 rings (SSSR count). The first kappa shape index (κ1) is 17.3. The summed E-state index contributed by atoms with van der Waals surface area (Å²) in [5, 5.41) is 9.73. The second-order valence-corrected chi connectivity index (χ2v) is 6.92. The highest BCUT2D eigenvalue weighted by Crippen LogP contribution is 2.48. The largest absolute Gasteiger partial charge is 0.478 e. The van der Waals surface area contributed by atoms with Gasteiger partial charge in [-0.05, 0) is 48.3 Å². The van der Waals surface area contributed by atoms with Gasteiger partial charge in [-0.15, -0.1) is 0 Å². The summed E-state index contributed by atoms with van der Waals surface area (Å²) in [6.07, 6.45) is 9.24. The first-order valence-electron chi connectivity index (χ1n) is 9.31. The number of carboxylic acids is 1. The van der Waals surface area contributed by atoms with Crippen molar-refractivity contribution < 1.29 is 14.6 Å². The zero-order valence-corrected chi connectivity index (χ0v) is 15.5. The van der Waals surface area contributed by atoms with Gasteiger partial charge in [-0.1, -0.05) is 55.5 Å². The molecule has 3 nitrogen and oxygen atoms in total. The summed E-state index contributed by atoms with van der Waals surface area (Å²) in [6.45, 7) is 4.12. The summed E-state index contributed by atoms with van der Waals surface area (Å²) < 4.78 is 6.28. The van der Waals surface area contributed by atoms with E-state index >= 15 is 0 Å². The molecule has 0 amide bonds.